The average Bonchev–Trinajstić information content (AvgIpc) is 3.68. The van der Waals surface area contributed by atoms with E-state index < -0.39 is 22.0 Å². The van der Waals surface area contributed by atoms with Gasteiger partial charge in [0.2, 0.25) is 10.0 Å². The summed E-state index contributed by atoms with van der Waals surface area (Å²) in [6.45, 7) is 1.93. The van der Waals surface area contributed by atoms with Crippen molar-refractivity contribution in [2.24, 2.45) is 0 Å². The smallest absolute Gasteiger partial charge is 0.322 e. The molecule has 1 fully saturated rings. The van der Waals surface area contributed by atoms with E-state index in [0.717, 1.165) is 5.56 Å². The number of nitrogens with one attached hydrogen (secondary N) is 2. The Morgan fingerprint density at radius 3 is 2.49 bits per heavy atom. The minimum Gasteiger partial charge on any atom is -0.480 e. The second-order valence-electron chi connectivity index (χ2n) is 9.34. The molecule has 37 heavy (non-hydrogen) atoms. The molecular formula is C27H33ClN4O4S. The van der Waals surface area contributed by atoms with Gasteiger partial charge in [-0.3, -0.25) is 9.78 Å². The van der Waals surface area contributed by atoms with Crippen molar-refractivity contribution in [3.8, 4) is 0 Å². The lowest BCUT2D eigenvalue weighted by molar-refractivity contribution is -0.134. The maximum Gasteiger partial charge on any atom is 0.322 e. The molecule has 3 aromatic rings. The number of hydrogen-bond donors (Lipinski definition) is 3. The van der Waals surface area contributed by atoms with E-state index in [2.05, 4.69) is 51.2 Å². The summed E-state index contributed by atoms with van der Waals surface area (Å²) < 4.78 is 29.0. The molecule has 0 radical (unpaired) electrons. The molecule has 10 heteroatoms. The van der Waals surface area contributed by atoms with Crippen LogP contribution in [0.5, 0.6) is 0 Å². The molecular weight excluding hydrogens is 512 g/mol. The average molecular weight is 545 g/mol. The normalized spacial score (nSPS) is 14.8. The van der Waals surface area contributed by atoms with Crippen molar-refractivity contribution in [2.75, 3.05) is 11.9 Å². The molecule has 4 rings (SSSR count). The van der Waals surface area contributed by atoms with Crippen LogP contribution >= 0.6 is 12.4 Å². The van der Waals surface area contributed by atoms with Crippen molar-refractivity contribution in [1.29, 1.82) is 0 Å². The molecule has 1 aliphatic rings. The van der Waals surface area contributed by atoms with Gasteiger partial charge in [0.1, 0.15) is 17.3 Å². The summed E-state index contributed by atoms with van der Waals surface area (Å²) in [5, 5.41) is 11.7. The molecule has 0 saturated heterocycles. The van der Waals surface area contributed by atoms with E-state index in [1.807, 2.05) is 0 Å². The Kier molecular flexibility index (Phi) is 9.64. The second-order valence-corrected chi connectivity index (χ2v) is 11.1. The van der Waals surface area contributed by atoms with Gasteiger partial charge in [0.05, 0.1) is 11.7 Å². The quantitative estimate of drug-likeness (QED) is 0.280. The fourth-order valence-corrected chi connectivity index (χ4v) is 5.63. The molecule has 0 amide bonds. The third kappa shape index (κ3) is 7.50. The molecule has 1 saturated carbocycles. The van der Waals surface area contributed by atoms with Gasteiger partial charge in [-0.15, -0.1) is 12.4 Å². The molecule has 0 bridgehead atoms. The Bertz CT molecular complexity index is 1280. The highest BCUT2D eigenvalue weighted by molar-refractivity contribution is 7.89. The highest BCUT2D eigenvalue weighted by Crippen LogP contribution is 2.52. The van der Waals surface area contributed by atoms with Crippen LogP contribution in [0.2, 0.25) is 0 Å². The van der Waals surface area contributed by atoms with Crippen LogP contribution in [-0.2, 0) is 26.7 Å². The monoisotopic (exact) mass is 544 g/mol. The Hall–Kier alpha value is -3.01. The van der Waals surface area contributed by atoms with Crippen LogP contribution in [0.25, 0.3) is 0 Å². The molecule has 0 aliphatic heterocycles. The van der Waals surface area contributed by atoms with E-state index in [1.54, 1.807) is 24.3 Å². The summed E-state index contributed by atoms with van der Waals surface area (Å²) in [5.74, 6) is -0.647. The number of anilines is 1. The van der Waals surface area contributed by atoms with Crippen molar-refractivity contribution in [2.45, 2.75) is 61.8 Å². The summed E-state index contributed by atoms with van der Waals surface area (Å²) in [6, 6.07) is 16.0. The number of aliphatic carboxylic acids is 1. The summed E-state index contributed by atoms with van der Waals surface area (Å²) in [7, 11) is -3.87. The van der Waals surface area contributed by atoms with E-state index in [9.17, 15) is 13.2 Å². The molecule has 1 unspecified atom stereocenters. The van der Waals surface area contributed by atoms with E-state index in [0.29, 0.717) is 23.3 Å². The zero-order valence-electron chi connectivity index (χ0n) is 20.8. The van der Waals surface area contributed by atoms with Gasteiger partial charge in [0.25, 0.3) is 0 Å². The highest BCUT2D eigenvalue weighted by atomic mass is 35.5. The highest BCUT2D eigenvalue weighted by Gasteiger charge is 2.43. The Labute approximate surface area is 224 Å². The van der Waals surface area contributed by atoms with Crippen molar-refractivity contribution in [3.05, 3.63) is 83.8 Å². The van der Waals surface area contributed by atoms with Gasteiger partial charge in [-0.2, -0.15) is 0 Å². The first-order chi connectivity index (χ1) is 17.3. The largest absolute Gasteiger partial charge is 0.480 e. The zero-order valence-corrected chi connectivity index (χ0v) is 22.4. The van der Waals surface area contributed by atoms with Gasteiger partial charge in [0, 0.05) is 12.4 Å². The predicted molar refractivity (Wildman–Crippen MR) is 145 cm³/mol. The van der Waals surface area contributed by atoms with Gasteiger partial charge in [-0.1, -0.05) is 50.1 Å². The maximum absolute atomic E-state index is 13.1. The second kappa shape index (κ2) is 12.5. The third-order valence-electron chi connectivity index (χ3n) is 6.66. The van der Waals surface area contributed by atoms with Crippen molar-refractivity contribution < 1.29 is 18.3 Å². The number of halogens is 1. The first kappa shape index (κ1) is 28.6. The summed E-state index contributed by atoms with van der Waals surface area (Å²) in [6.07, 6.45) is 9.26. The number of hydrogen-bond acceptors (Lipinski definition) is 6. The standard InChI is InChI=1S/C27H32N4O4S.ClH/c1-2-3-13-27(14-15-27)21-11-9-20(10-12-21)17-24(31-36(34,35)22-6-5-16-28-18-22)23-7-4-8-25(30-23)29-19-26(32)33;/h4-12,16,18,24,31H,2-3,13-15,17,19H2,1H3,(H,29,30)(H,32,33);1H. The minimum atomic E-state index is -3.87. The number of carboxylic acid groups (broad SMARTS) is 1. The van der Waals surface area contributed by atoms with E-state index in [4.69, 9.17) is 5.11 Å². The van der Waals surface area contributed by atoms with Crippen molar-refractivity contribution in [3.63, 3.8) is 0 Å². The molecule has 2 aromatic heterocycles. The van der Waals surface area contributed by atoms with Crippen LogP contribution in [0.15, 0.2) is 71.9 Å². The Balaban J connectivity index is 0.00000380. The number of unbranched alkanes of at least 4 members (excludes halogenated alkanes) is 1. The first-order valence-corrected chi connectivity index (χ1v) is 13.7. The summed E-state index contributed by atoms with van der Waals surface area (Å²) in [5.41, 5.74) is 3.13. The number of nitrogens with zero attached hydrogens (tertiary/aromatic N) is 2. The predicted octanol–water partition coefficient (Wildman–Crippen LogP) is 4.88. The molecule has 8 nitrogen and oxygen atoms in total. The van der Waals surface area contributed by atoms with Crippen LogP contribution < -0.4 is 10.0 Å². The number of pyridine rings is 2. The third-order valence-corrected chi connectivity index (χ3v) is 8.12. The van der Waals surface area contributed by atoms with Gasteiger partial charge < -0.3 is 10.4 Å². The van der Waals surface area contributed by atoms with E-state index in [1.165, 1.54) is 56.1 Å². The van der Waals surface area contributed by atoms with E-state index in [-0.39, 0.29) is 23.8 Å². The minimum absolute atomic E-state index is 0. The number of rotatable bonds is 13. The lowest BCUT2D eigenvalue weighted by Gasteiger charge is -2.20. The lowest BCUT2D eigenvalue weighted by Crippen LogP contribution is -2.31. The fourth-order valence-electron chi connectivity index (χ4n) is 4.46. The van der Waals surface area contributed by atoms with Gasteiger partial charge >= 0.3 is 5.97 Å². The SMILES string of the molecule is CCCCC1(c2ccc(CC(NS(=O)(=O)c3cccnc3)c3cccc(NCC(=O)O)n3)cc2)CC1.Cl. The van der Waals surface area contributed by atoms with E-state index >= 15 is 0 Å². The molecule has 3 N–H and O–H groups in total. The number of sulfonamides is 1. The van der Waals surface area contributed by atoms with Crippen LogP contribution in [0.3, 0.4) is 0 Å². The number of aromatic nitrogens is 2. The number of carbonyl (C=O) groups is 1. The fraction of sp³-hybridized carbons (Fsp3) is 0.370. The van der Waals surface area contributed by atoms with Crippen molar-refractivity contribution in [1.82, 2.24) is 14.7 Å². The maximum atomic E-state index is 13.1. The van der Waals surface area contributed by atoms with Gasteiger partial charge in [0.15, 0.2) is 0 Å². The molecule has 1 aliphatic carbocycles. The molecule has 1 atom stereocenters. The van der Waals surface area contributed by atoms with Crippen LogP contribution in [0.1, 0.15) is 61.9 Å². The number of benzene rings is 1. The molecule has 198 valence electrons. The molecule has 1 aromatic carbocycles. The zero-order chi connectivity index (χ0) is 25.6. The van der Waals surface area contributed by atoms with Crippen LogP contribution in [-0.4, -0.2) is 36.0 Å². The van der Waals surface area contributed by atoms with Crippen LogP contribution in [0.4, 0.5) is 5.82 Å². The molecule has 2 heterocycles. The van der Waals surface area contributed by atoms with Crippen molar-refractivity contribution >= 4 is 34.2 Å². The molecule has 0 spiro atoms. The van der Waals surface area contributed by atoms with Crippen LogP contribution in [0, 0.1) is 0 Å². The summed E-state index contributed by atoms with van der Waals surface area (Å²) in [4.78, 5) is 19.4. The first-order valence-electron chi connectivity index (χ1n) is 12.3. The lowest BCUT2D eigenvalue weighted by atomic mass is 9.89. The number of carboxylic acids is 1. The topological polar surface area (TPSA) is 121 Å². The van der Waals surface area contributed by atoms with Gasteiger partial charge in [-0.05, 0) is 66.5 Å². The summed E-state index contributed by atoms with van der Waals surface area (Å²) >= 11 is 0. The van der Waals surface area contributed by atoms with Gasteiger partial charge in [-0.25, -0.2) is 18.1 Å². The Morgan fingerprint density at radius 1 is 1.11 bits per heavy atom. The Morgan fingerprint density at radius 2 is 1.86 bits per heavy atom.